The van der Waals surface area contributed by atoms with Crippen molar-refractivity contribution in [2.75, 3.05) is 6.61 Å². The van der Waals surface area contributed by atoms with Gasteiger partial charge in [0, 0.05) is 6.04 Å². The summed E-state index contributed by atoms with van der Waals surface area (Å²) in [5.41, 5.74) is 0. The fourth-order valence-electron chi connectivity index (χ4n) is 1.12. The average Bonchev–Trinajstić information content (AvgIpc) is 2.62. The summed E-state index contributed by atoms with van der Waals surface area (Å²) in [7, 11) is 0. The van der Waals surface area contributed by atoms with Crippen molar-refractivity contribution in [2.45, 2.75) is 38.0 Å². The molecule has 2 fully saturated rings. The Morgan fingerprint density at radius 3 is 2.56 bits per heavy atom. The quantitative estimate of drug-likeness (QED) is 0.584. The second-order valence-electron chi connectivity index (χ2n) is 3.09. The zero-order valence-electron chi connectivity index (χ0n) is 5.76. The molecule has 1 aliphatic carbocycles. The van der Waals surface area contributed by atoms with E-state index in [9.17, 15) is 0 Å². The van der Waals surface area contributed by atoms with Crippen LogP contribution >= 0.6 is 0 Å². The first-order valence-corrected chi connectivity index (χ1v) is 3.74. The van der Waals surface area contributed by atoms with Gasteiger partial charge in [-0.1, -0.05) is 0 Å². The molecule has 0 amide bonds. The van der Waals surface area contributed by atoms with Crippen LogP contribution in [-0.4, -0.2) is 24.8 Å². The highest BCUT2D eigenvalue weighted by Crippen LogP contribution is 2.22. The largest absolute Gasteiger partial charge is 0.375 e. The van der Waals surface area contributed by atoms with E-state index in [1.54, 1.807) is 0 Å². The summed E-state index contributed by atoms with van der Waals surface area (Å²) in [6, 6.07) is 1.50. The summed E-state index contributed by atoms with van der Waals surface area (Å²) in [4.78, 5) is 0. The van der Waals surface area contributed by atoms with Gasteiger partial charge in [0.2, 0.25) is 0 Å². The molecule has 52 valence electrons. The Labute approximate surface area is 55.6 Å². The Hall–Kier alpha value is -0.0800. The van der Waals surface area contributed by atoms with E-state index in [0.29, 0.717) is 12.1 Å². The zero-order valence-corrected chi connectivity index (χ0v) is 5.76. The van der Waals surface area contributed by atoms with E-state index in [1.165, 1.54) is 12.8 Å². The summed E-state index contributed by atoms with van der Waals surface area (Å²) in [5, 5.41) is 3.52. The van der Waals surface area contributed by atoms with Gasteiger partial charge in [0.05, 0.1) is 18.8 Å². The lowest BCUT2D eigenvalue weighted by Crippen LogP contribution is -2.53. The van der Waals surface area contributed by atoms with Gasteiger partial charge in [-0.25, -0.2) is 0 Å². The van der Waals surface area contributed by atoms with E-state index < -0.39 is 0 Å². The van der Waals surface area contributed by atoms with Crippen LogP contribution in [0.2, 0.25) is 0 Å². The van der Waals surface area contributed by atoms with Gasteiger partial charge in [0.25, 0.3) is 0 Å². The standard InChI is InChI=1S/C7H13NO/c1-5-7(4-9-5)8-6-2-3-6/h5-8H,2-4H2,1H3. The third-order valence-electron chi connectivity index (χ3n) is 2.13. The number of rotatable bonds is 2. The van der Waals surface area contributed by atoms with Crippen LogP contribution in [0.15, 0.2) is 0 Å². The van der Waals surface area contributed by atoms with Crippen molar-refractivity contribution in [3.05, 3.63) is 0 Å². The highest BCUT2D eigenvalue weighted by Gasteiger charge is 2.33. The lowest BCUT2D eigenvalue weighted by Gasteiger charge is -2.34. The van der Waals surface area contributed by atoms with Crippen molar-refractivity contribution in [3.8, 4) is 0 Å². The van der Waals surface area contributed by atoms with Gasteiger partial charge in [-0.2, -0.15) is 0 Å². The fourth-order valence-corrected chi connectivity index (χ4v) is 1.12. The maximum Gasteiger partial charge on any atom is 0.0723 e. The molecule has 0 aromatic carbocycles. The highest BCUT2D eigenvalue weighted by atomic mass is 16.5. The monoisotopic (exact) mass is 127 g/mol. The van der Waals surface area contributed by atoms with Gasteiger partial charge < -0.3 is 10.1 Å². The minimum atomic E-state index is 0.464. The Morgan fingerprint density at radius 1 is 1.44 bits per heavy atom. The van der Waals surface area contributed by atoms with E-state index >= 15 is 0 Å². The fraction of sp³-hybridized carbons (Fsp3) is 1.00. The summed E-state index contributed by atoms with van der Waals surface area (Å²) in [6.07, 6.45) is 3.22. The number of hydrogen-bond acceptors (Lipinski definition) is 2. The topological polar surface area (TPSA) is 21.3 Å². The maximum absolute atomic E-state index is 5.21. The van der Waals surface area contributed by atoms with Gasteiger partial charge in [0.1, 0.15) is 0 Å². The molecule has 9 heavy (non-hydrogen) atoms. The van der Waals surface area contributed by atoms with Crippen LogP contribution in [0.5, 0.6) is 0 Å². The van der Waals surface area contributed by atoms with E-state index in [1.807, 2.05) is 0 Å². The van der Waals surface area contributed by atoms with E-state index in [-0.39, 0.29) is 0 Å². The molecule has 1 N–H and O–H groups in total. The molecular formula is C7H13NO. The summed E-state index contributed by atoms with van der Waals surface area (Å²) in [6.45, 7) is 3.06. The average molecular weight is 127 g/mol. The van der Waals surface area contributed by atoms with Gasteiger partial charge >= 0.3 is 0 Å². The van der Waals surface area contributed by atoms with E-state index in [0.717, 1.165) is 12.6 Å². The number of hydrogen-bond donors (Lipinski definition) is 1. The first-order chi connectivity index (χ1) is 4.36. The predicted molar refractivity (Wildman–Crippen MR) is 35.4 cm³/mol. The van der Waals surface area contributed by atoms with Gasteiger partial charge in [0.15, 0.2) is 0 Å². The van der Waals surface area contributed by atoms with Crippen molar-refractivity contribution in [1.82, 2.24) is 5.32 Å². The normalized spacial score (nSPS) is 42.3. The smallest absolute Gasteiger partial charge is 0.0723 e. The molecule has 2 heteroatoms. The molecule has 2 rings (SSSR count). The molecule has 1 heterocycles. The third-order valence-corrected chi connectivity index (χ3v) is 2.13. The van der Waals surface area contributed by atoms with Crippen LogP contribution in [0.3, 0.4) is 0 Å². The molecule has 0 spiro atoms. The molecule has 1 saturated carbocycles. The Kier molecular flexibility index (Phi) is 1.24. The van der Waals surface area contributed by atoms with Crippen LogP contribution in [0.4, 0.5) is 0 Å². The molecule has 2 nitrogen and oxygen atoms in total. The molecule has 1 saturated heterocycles. The Bertz CT molecular complexity index is 111. The minimum Gasteiger partial charge on any atom is -0.375 e. The van der Waals surface area contributed by atoms with Gasteiger partial charge in [-0.05, 0) is 19.8 Å². The molecule has 2 aliphatic rings. The lowest BCUT2D eigenvalue weighted by molar-refractivity contribution is -0.0757. The molecule has 1 aliphatic heterocycles. The molecule has 2 atom stereocenters. The second kappa shape index (κ2) is 1.96. The van der Waals surface area contributed by atoms with Crippen molar-refractivity contribution in [1.29, 1.82) is 0 Å². The van der Waals surface area contributed by atoms with Crippen molar-refractivity contribution in [3.63, 3.8) is 0 Å². The van der Waals surface area contributed by atoms with E-state index in [2.05, 4.69) is 12.2 Å². The van der Waals surface area contributed by atoms with Crippen LogP contribution in [-0.2, 0) is 4.74 Å². The van der Waals surface area contributed by atoms with Crippen LogP contribution in [0.25, 0.3) is 0 Å². The zero-order chi connectivity index (χ0) is 6.27. The third kappa shape index (κ3) is 1.10. The lowest BCUT2D eigenvalue weighted by atomic mass is 10.1. The maximum atomic E-state index is 5.21. The predicted octanol–water partition coefficient (Wildman–Crippen LogP) is 0.526. The van der Waals surface area contributed by atoms with Crippen molar-refractivity contribution >= 4 is 0 Å². The van der Waals surface area contributed by atoms with Gasteiger partial charge in [-0.15, -0.1) is 0 Å². The molecule has 0 aromatic rings. The number of ether oxygens (including phenoxy) is 1. The SMILES string of the molecule is CC1OCC1NC1CC1. The Balaban J connectivity index is 1.72. The molecule has 0 bridgehead atoms. The minimum absolute atomic E-state index is 0.464. The molecule has 0 radical (unpaired) electrons. The summed E-state index contributed by atoms with van der Waals surface area (Å²) in [5.74, 6) is 0. The Morgan fingerprint density at radius 2 is 2.22 bits per heavy atom. The van der Waals surface area contributed by atoms with Crippen molar-refractivity contribution in [2.24, 2.45) is 0 Å². The van der Waals surface area contributed by atoms with Crippen LogP contribution < -0.4 is 5.32 Å². The second-order valence-corrected chi connectivity index (χ2v) is 3.09. The van der Waals surface area contributed by atoms with E-state index in [4.69, 9.17) is 4.74 Å². The highest BCUT2D eigenvalue weighted by molar-refractivity contribution is 4.90. The number of nitrogens with one attached hydrogen (secondary N) is 1. The molecule has 0 aromatic heterocycles. The van der Waals surface area contributed by atoms with Crippen molar-refractivity contribution < 1.29 is 4.74 Å². The summed E-state index contributed by atoms with van der Waals surface area (Å²) < 4.78 is 5.21. The van der Waals surface area contributed by atoms with Crippen LogP contribution in [0, 0.1) is 0 Å². The summed E-state index contributed by atoms with van der Waals surface area (Å²) >= 11 is 0. The molecule has 2 unspecified atom stereocenters. The van der Waals surface area contributed by atoms with Crippen LogP contribution in [0.1, 0.15) is 19.8 Å². The van der Waals surface area contributed by atoms with Gasteiger partial charge in [-0.3, -0.25) is 0 Å². The first kappa shape index (κ1) is 5.69. The first-order valence-electron chi connectivity index (χ1n) is 3.74. The molecular weight excluding hydrogens is 114 g/mol.